The van der Waals surface area contributed by atoms with Crippen molar-refractivity contribution in [1.82, 2.24) is 0 Å². The van der Waals surface area contributed by atoms with Gasteiger partial charge in [0, 0.05) is 0 Å². The minimum Gasteiger partial charge on any atom is -0.323 e. The van der Waals surface area contributed by atoms with E-state index < -0.39 is 47.3 Å². The van der Waals surface area contributed by atoms with Crippen LogP contribution in [0.2, 0.25) is 0 Å². The van der Waals surface area contributed by atoms with Crippen LogP contribution in [-0.4, -0.2) is 18.3 Å². The Balaban J connectivity index is 3.12. The van der Waals surface area contributed by atoms with Crippen molar-refractivity contribution in [1.29, 1.82) is 0 Å². The van der Waals surface area contributed by atoms with E-state index in [9.17, 15) is 44.3 Å². The molecular formula is C10H4F9NO. The zero-order chi connectivity index (χ0) is 16.6. The lowest BCUT2D eigenvalue weighted by Gasteiger charge is -2.22. The third-order valence-electron chi connectivity index (χ3n) is 2.21. The first kappa shape index (κ1) is 17.1. The van der Waals surface area contributed by atoms with E-state index in [1.165, 1.54) is 0 Å². The van der Waals surface area contributed by atoms with Gasteiger partial charge < -0.3 is 5.32 Å². The molecule has 1 aromatic rings. The molecule has 0 aromatic heterocycles. The summed E-state index contributed by atoms with van der Waals surface area (Å²) in [6.07, 6.45) is -12.0. The average molecular weight is 325 g/mol. The first-order chi connectivity index (χ1) is 9.35. The average Bonchev–Trinajstić information content (AvgIpc) is 2.26. The second kappa shape index (κ2) is 5.45. The Bertz CT molecular complexity index is 535. The smallest absolute Gasteiger partial charge is 0.323 e. The van der Waals surface area contributed by atoms with E-state index >= 15 is 0 Å². The summed E-state index contributed by atoms with van der Waals surface area (Å²) in [6.45, 7) is 0. The van der Waals surface area contributed by atoms with Crippen LogP contribution in [0, 0.1) is 23.4 Å². The van der Waals surface area contributed by atoms with Gasteiger partial charge in [0.2, 0.25) is 11.8 Å². The highest BCUT2D eigenvalue weighted by molar-refractivity contribution is 5.93. The number of hydrogen-bond acceptors (Lipinski definition) is 1. The molecule has 0 atom stereocenters. The fourth-order valence-electron chi connectivity index (χ4n) is 1.31. The zero-order valence-corrected chi connectivity index (χ0v) is 9.54. The maximum absolute atomic E-state index is 13.1. The van der Waals surface area contributed by atoms with Crippen LogP contribution in [0.5, 0.6) is 0 Å². The number of alkyl halides is 6. The molecule has 0 aliphatic heterocycles. The van der Waals surface area contributed by atoms with E-state index in [1.54, 1.807) is 0 Å². The lowest BCUT2D eigenvalue weighted by Crippen LogP contribution is -2.45. The van der Waals surface area contributed by atoms with Crippen molar-refractivity contribution in [2.24, 2.45) is 5.92 Å². The summed E-state index contributed by atoms with van der Waals surface area (Å²) in [7, 11) is 0. The monoisotopic (exact) mass is 325 g/mol. The molecule has 1 aromatic carbocycles. The second-order valence-electron chi connectivity index (χ2n) is 3.73. The van der Waals surface area contributed by atoms with Gasteiger partial charge in [-0.3, -0.25) is 4.79 Å². The van der Waals surface area contributed by atoms with Crippen LogP contribution < -0.4 is 5.32 Å². The third kappa shape index (κ3) is 3.79. The standard InChI is InChI=1S/C10H4F9NO/c11-3-1-2-4(6(13)5(3)12)20-8(21)7(9(14,15)16)10(17,18)19/h1-2,7H,(H,20,21). The molecule has 1 amide bonds. The van der Waals surface area contributed by atoms with Gasteiger partial charge >= 0.3 is 12.4 Å². The van der Waals surface area contributed by atoms with E-state index in [1.807, 2.05) is 0 Å². The van der Waals surface area contributed by atoms with Crippen LogP contribution in [0.4, 0.5) is 45.2 Å². The van der Waals surface area contributed by atoms with Crippen molar-refractivity contribution in [2.75, 3.05) is 5.32 Å². The van der Waals surface area contributed by atoms with E-state index in [0.29, 0.717) is 0 Å². The molecule has 0 radical (unpaired) electrons. The Kier molecular flexibility index (Phi) is 4.44. The third-order valence-corrected chi connectivity index (χ3v) is 2.21. The highest BCUT2D eigenvalue weighted by Gasteiger charge is 2.61. The number of rotatable bonds is 2. The molecule has 1 N–H and O–H groups in total. The summed E-state index contributed by atoms with van der Waals surface area (Å²) in [6, 6.07) is 0.514. The number of carbonyl (C=O) groups is 1. The topological polar surface area (TPSA) is 29.1 Å². The fraction of sp³-hybridized carbons (Fsp3) is 0.300. The number of nitrogens with one attached hydrogen (secondary N) is 1. The van der Waals surface area contributed by atoms with E-state index in [2.05, 4.69) is 0 Å². The van der Waals surface area contributed by atoms with Crippen molar-refractivity contribution >= 4 is 11.6 Å². The minimum atomic E-state index is -5.99. The zero-order valence-electron chi connectivity index (χ0n) is 9.54. The van der Waals surface area contributed by atoms with Crippen molar-refractivity contribution in [3.8, 4) is 0 Å². The molecule has 0 saturated carbocycles. The maximum atomic E-state index is 13.1. The molecule has 0 aliphatic rings. The highest BCUT2D eigenvalue weighted by atomic mass is 19.4. The fourth-order valence-corrected chi connectivity index (χ4v) is 1.31. The summed E-state index contributed by atoms with van der Waals surface area (Å²) in [4.78, 5) is 11.0. The van der Waals surface area contributed by atoms with Gasteiger partial charge in [0.05, 0.1) is 5.69 Å². The number of hydrogen-bond donors (Lipinski definition) is 1. The molecule has 11 heteroatoms. The van der Waals surface area contributed by atoms with Gasteiger partial charge in [-0.2, -0.15) is 26.3 Å². The Morgan fingerprint density at radius 3 is 1.81 bits per heavy atom. The van der Waals surface area contributed by atoms with Crippen molar-refractivity contribution in [3.63, 3.8) is 0 Å². The number of anilines is 1. The molecule has 21 heavy (non-hydrogen) atoms. The first-order valence-corrected chi connectivity index (χ1v) is 4.93. The van der Waals surface area contributed by atoms with Gasteiger partial charge in [0.25, 0.3) is 0 Å². The van der Waals surface area contributed by atoms with Crippen molar-refractivity contribution in [2.45, 2.75) is 12.4 Å². The molecule has 0 bridgehead atoms. The van der Waals surface area contributed by atoms with Crippen LogP contribution in [0.1, 0.15) is 0 Å². The predicted octanol–water partition coefficient (Wildman–Crippen LogP) is 3.78. The lowest BCUT2D eigenvalue weighted by atomic mass is 10.1. The Morgan fingerprint density at radius 1 is 0.905 bits per heavy atom. The Morgan fingerprint density at radius 2 is 1.38 bits per heavy atom. The molecule has 0 spiro atoms. The number of halogens is 9. The molecule has 1 rings (SSSR count). The normalized spacial score (nSPS) is 12.7. The van der Waals surface area contributed by atoms with Gasteiger partial charge in [-0.1, -0.05) is 0 Å². The molecule has 118 valence electrons. The summed E-state index contributed by atoms with van der Waals surface area (Å²) in [5.41, 5.74) is -1.35. The van der Waals surface area contributed by atoms with Crippen LogP contribution in [0.15, 0.2) is 12.1 Å². The molecule has 0 saturated heterocycles. The Hall–Kier alpha value is -1.94. The minimum absolute atomic E-state index is 0.226. The highest BCUT2D eigenvalue weighted by Crippen LogP contribution is 2.40. The number of benzene rings is 1. The second-order valence-corrected chi connectivity index (χ2v) is 3.73. The predicted molar refractivity (Wildman–Crippen MR) is 50.5 cm³/mol. The largest absolute Gasteiger partial charge is 0.409 e. The van der Waals surface area contributed by atoms with Crippen molar-refractivity contribution < 1.29 is 44.3 Å². The van der Waals surface area contributed by atoms with Gasteiger partial charge in [-0.05, 0) is 12.1 Å². The first-order valence-electron chi connectivity index (χ1n) is 4.93. The molecule has 0 heterocycles. The Labute approximate surface area is 110 Å². The molecule has 2 nitrogen and oxygen atoms in total. The summed E-state index contributed by atoms with van der Waals surface area (Å²) in [5, 5.41) is 0.931. The summed E-state index contributed by atoms with van der Waals surface area (Å²) in [5.74, 6) is -13.1. The quantitative estimate of drug-likeness (QED) is 0.651. The van der Waals surface area contributed by atoms with Crippen LogP contribution in [0.25, 0.3) is 0 Å². The maximum Gasteiger partial charge on any atom is 0.409 e. The molecule has 0 aliphatic carbocycles. The summed E-state index contributed by atoms with van der Waals surface area (Å²) >= 11 is 0. The number of amides is 1. The van der Waals surface area contributed by atoms with Gasteiger partial charge in [0.15, 0.2) is 17.5 Å². The van der Waals surface area contributed by atoms with Gasteiger partial charge in [0.1, 0.15) is 0 Å². The number of carbonyl (C=O) groups excluding carboxylic acids is 1. The van der Waals surface area contributed by atoms with Crippen LogP contribution in [0.3, 0.4) is 0 Å². The van der Waals surface area contributed by atoms with Crippen molar-refractivity contribution in [3.05, 3.63) is 29.6 Å². The van der Waals surface area contributed by atoms with Gasteiger partial charge in [-0.15, -0.1) is 0 Å². The SMILES string of the molecule is O=C(Nc1ccc(F)c(F)c1F)C(C(F)(F)F)C(F)(F)F. The lowest BCUT2D eigenvalue weighted by molar-refractivity contribution is -0.272. The summed E-state index contributed by atoms with van der Waals surface area (Å²) < 4.78 is 112. The van der Waals surface area contributed by atoms with E-state index in [4.69, 9.17) is 0 Å². The molecule has 0 fully saturated rings. The van der Waals surface area contributed by atoms with E-state index in [-0.39, 0.29) is 12.1 Å². The molecular weight excluding hydrogens is 321 g/mol. The molecule has 0 unspecified atom stereocenters. The van der Waals surface area contributed by atoms with Gasteiger partial charge in [-0.25, -0.2) is 13.2 Å². The van der Waals surface area contributed by atoms with Crippen LogP contribution >= 0.6 is 0 Å². The van der Waals surface area contributed by atoms with Crippen LogP contribution in [-0.2, 0) is 4.79 Å². The van der Waals surface area contributed by atoms with E-state index in [0.717, 1.165) is 5.32 Å².